The van der Waals surface area contributed by atoms with Crippen molar-refractivity contribution >= 4 is 11.8 Å². The van der Waals surface area contributed by atoms with E-state index in [9.17, 15) is 9.59 Å². The van der Waals surface area contributed by atoms with Crippen LogP contribution in [-0.4, -0.2) is 79.4 Å². The molecule has 2 aliphatic rings. The third-order valence-corrected chi connectivity index (χ3v) is 5.78. The largest absolute Gasteiger partial charge is 0.335 e. The van der Waals surface area contributed by atoms with Crippen LogP contribution in [0.15, 0.2) is 18.2 Å². The SMILES string of the molecule is Cc1cc(C)cc(CN2CCN(C(=O)Cn3nnnc3CN3CCCC3)CC2=O)c1. The van der Waals surface area contributed by atoms with Gasteiger partial charge in [0.05, 0.1) is 13.1 Å². The minimum Gasteiger partial charge on any atom is -0.335 e. The lowest BCUT2D eigenvalue weighted by molar-refractivity contribution is -0.146. The number of hydrogen-bond donors (Lipinski definition) is 0. The number of carbonyl (C=O) groups is 2. The Morgan fingerprint density at radius 1 is 1.00 bits per heavy atom. The molecule has 0 bridgehead atoms. The predicted octanol–water partition coefficient (Wildman–Crippen LogP) is 0.757. The number of tetrazole rings is 1. The van der Waals surface area contributed by atoms with Gasteiger partial charge in [0.2, 0.25) is 11.8 Å². The van der Waals surface area contributed by atoms with E-state index < -0.39 is 0 Å². The third kappa shape index (κ3) is 4.84. The van der Waals surface area contributed by atoms with Gasteiger partial charge in [-0.05, 0) is 55.8 Å². The average Bonchev–Trinajstić information content (AvgIpc) is 3.35. The zero-order chi connectivity index (χ0) is 21.1. The Balaban J connectivity index is 1.32. The van der Waals surface area contributed by atoms with Crippen molar-refractivity contribution in [3.8, 4) is 0 Å². The van der Waals surface area contributed by atoms with E-state index in [1.165, 1.54) is 24.0 Å². The molecular formula is C21H29N7O2. The molecule has 4 rings (SSSR count). The van der Waals surface area contributed by atoms with Crippen LogP contribution in [0, 0.1) is 13.8 Å². The van der Waals surface area contributed by atoms with Crippen LogP contribution in [0.1, 0.15) is 35.4 Å². The van der Waals surface area contributed by atoms with E-state index in [0.29, 0.717) is 32.0 Å². The Kier molecular flexibility index (Phi) is 6.08. The van der Waals surface area contributed by atoms with Gasteiger partial charge in [0, 0.05) is 19.6 Å². The van der Waals surface area contributed by atoms with E-state index >= 15 is 0 Å². The minimum atomic E-state index is -0.121. The molecule has 2 aliphatic heterocycles. The van der Waals surface area contributed by atoms with Crippen molar-refractivity contribution < 1.29 is 9.59 Å². The number of hydrogen-bond acceptors (Lipinski definition) is 6. The Morgan fingerprint density at radius 2 is 1.73 bits per heavy atom. The van der Waals surface area contributed by atoms with Crippen LogP contribution in [0.5, 0.6) is 0 Å². The molecule has 160 valence electrons. The maximum Gasteiger partial charge on any atom is 0.244 e. The number of piperazine rings is 1. The Labute approximate surface area is 176 Å². The molecule has 2 saturated heterocycles. The lowest BCUT2D eigenvalue weighted by Gasteiger charge is -2.34. The fourth-order valence-corrected chi connectivity index (χ4v) is 4.30. The second kappa shape index (κ2) is 8.91. The fourth-order valence-electron chi connectivity index (χ4n) is 4.30. The first kappa shape index (κ1) is 20.5. The van der Waals surface area contributed by atoms with Gasteiger partial charge in [-0.3, -0.25) is 14.5 Å². The van der Waals surface area contributed by atoms with Crippen molar-refractivity contribution in [3.63, 3.8) is 0 Å². The third-order valence-electron chi connectivity index (χ3n) is 5.78. The number of nitrogens with zero attached hydrogens (tertiary/aromatic N) is 7. The molecule has 0 aliphatic carbocycles. The summed E-state index contributed by atoms with van der Waals surface area (Å²) in [5.41, 5.74) is 3.51. The first-order valence-corrected chi connectivity index (χ1v) is 10.6. The van der Waals surface area contributed by atoms with Crippen LogP contribution in [0.3, 0.4) is 0 Å². The second-order valence-electron chi connectivity index (χ2n) is 8.36. The monoisotopic (exact) mass is 411 g/mol. The van der Waals surface area contributed by atoms with E-state index in [1.54, 1.807) is 9.58 Å². The molecule has 0 saturated carbocycles. The van der Waals surface area contributed by atoms with Gasteiger partial charge in [-0.15, -0.1) is 5.10 Å². The summed E-state index contributed by atoms with van der Waals surface area (Å²) in [6.45, 7) is 8.67. The van der Waals surface area contributed by atoms with Crippen LogP contribution in [0.2, 0.25) is 0 Å². The van der Waals surface area contributed by atoms with Gasteiger partial charge in [0.15, 0.2) is 5.82 Å². The number of rotatable bonds is 6. The second-order valence-corrected chi connectivity index (χ2v) is 8.36. The van der Waals surface area contributed by atoms with Crippen molar-refractivity contribution in [2.75, 3.05) is 32.7 Å². The smallest absolute Gasteiger partial charge is 0.244 e. The van der Waals surface area contributed by atoms with Gasteiger partial charge in [0.1, 0.15) is 6.54 Å². The molecule has 0 N–H and O–H groups in total. The van der Waals surface area contributed by atoms with Gasteiger partial charge < -0.3 is 9.80 Å². The van der Waals surface area contributed by atoms with Crippen LogP contribution in [0.4, 0.5) is 0 Å². The number of aromatic nitrogens is 4. The van der Waals surface area contributed by atoms with E-state index in [4.69, 9.17) is 0 Å². The number of benzene rings is 1. The summed E-state index contributed by atoms with van der Waals surface area (Å²) < 4.78 is 1.56. The number of aryl methyl sites for hydroxylation is 2. The maximum atomic E-state index is 12.8. The number of likely N-dealkylation sites (tertiary alicyclic amines) is 1. The zero-order valence-corrected chi connectivity index (χ0v) is 17.8. The van der Waals surface area contributed by atoms with Crippen molar-refractivity contribution in [2.45, 2.75) is 46.3 Å². The maximum absolute atomic E-state index is 12.8. The van der Waals surface area contributed by atoms with E-state index in [1.807, 2.05) is 4.90 Å². The molecule has 2 aromatic rings. The molecule has 0 unspecified atom stereocenters. The molecule has 9 heteroatoms. The van der Waals surface area contributed by atoms with Crippen molar-refractivity contribution in [2.24, 2.45) is 0 Å². The van der Waals surface area contributed by atoms with Crippen molar-refractivity contribution in [1.29, 1.82) is 0 Å². The molecule has 0 radical (unpaired) electrons. The minimum absolute atomic E-state index is 0.0252. The highest BCUT2D eigenvalue weighted by molar-refractivity contribution is 5.86. The summed E-state index contributed by atoms with van der Waals surface area (Å²) in [7, 11) is 0. The van der Waals surface area contributed by atoms with Gasteiger partial charge in [0.25, 0.3) is 0 Å². The lowest BCUT2D eigenvalue weighted by Crippen LogP contribution is -2.52. The molecule has 30 heavy (non-hydrogen) atoms. The highest BCUT2D eigenvalue weighted by Gasteiger charge is 2.28. The molecule has 3 heterocycles. The molecular weight excluding hydrogens is 382 g/mol. The Hall–Kier alpha value is -2.81. The summed E-state index contributed by atoms with van der Waals surface area (Å²) in [6, 6.07) is 6.34. The van der Waals surface area contributed by atoms with Crippen LogP contribution in [0.25, 0.3) is 0 Å². The first-order valence-electron chi connectivity index (χ1n) is 10.6. The van der Waals surface area contributed by atoms with Crippen LogP contribution in [-0.2, 0) is 29.2 Å². The Bertz CT molecular complexity index is 900. The summed E-state index contributed by atoms with van der Waals surface area (Å²) >= 11 is 0. The molecule has 0 spiro atoms. The summed E-state index contributed by atoms with van der Waals surface area (Å²) in [5.74, 6) is 0.553. The molecule has 1 aromatic carbocycles. The lowest BCUT2D eigenvalue weighted by atomic mass is 10.1. The van der Waals surface area contributed by atoms with Crippen molar-refractivity contribution in [1.82, 2.24) is 34.9 Å². The molecule has 2 fully saturated rings. The summed E-state index contributed by atoms with van der Waals surface area (Å²) in [6.07, 6.45) is 2.38. The van der Waals surface area contributed by atoms with Crippen LogP contribution < -0.4 is 0 Å². The van der Waals surface area contributed by atoms with Crippen molar-refractivity contribution in [3.05, 3.63) is 40.7 Å². The topological polar surface area (TPSA) is 87.5 Å². The van der Waals surface area contributed by atoms with E-state index in [2.05, 4.69) is 52.5 Å². The number of carbonyl (C=O) groups excluding carboxylic acids is 2. The standard InChI is InChI=1S/C21H29N7O2/c1-16-9-17(2)11-18(10-16)12-26-7-8-27(14-20(26)29)21(30)15-28-19(22-23-24-28)13-25-5-3-4-6-25/h9-11H,3-8,12-15H2,1-2H3. The van der Waals surface area contributed by atoms with Gasteiger partial charge >= 0.3 is 0 Å². The molecule has 0 atom stereocenters. The van der Waals surface area contributed by atoms with Gasteiger partial charge in [-0.25, -0.2) is 4.68 Å². The zero-order valence-electron chi connectivity index (χ0n) is 17.8. The van der Waals surface area contributed by atoms with E-state index in [-0.39, 0.29) is 24.9 Å². The van der Waals surface area contributed by atoms with Gasteiger partial charge in [-0.1, -0.05) is 29.3 Å². The normalized spacial score (nSPS) is 17.7. The van der Waals surface area contributed by atoms with Crippen LogP contribution >= 0.6 is 0 Å². The Morgan fingerprint density at radius 3 is 2.43 bits per heavy atom. The molecule has 1 aromatic heterocycles. The van der Waals surface area contributed by atoms with Gasteiger partial charge in [-0.2, -0.15) is 0 Å². The predicted molar refractivity (Wildman–Crippen MR) is 110 cm³/mol. The average molecular weight is 412 g/mol. The summed E-state index contributed by atoms with van der Waals surface area (Å²) in [4.78, 5) is 31.2. The highest BCUT2D eigenvalue weighted by Crippen LogP contribution is 2.15. The quantitative estimate of drug-likeness (QED) is 0.697. The molecule has 9 nitrogen and oxygen atoms in total. The van der Waals surface area contributed by atoms with E-state index in [0.717, 1.165) is 18.7 Å². The fraction of sp³-hybridized carbons (Fsp3) is 0.571. The number of amides is 2. The molecule has 2 amide bonds. The highest BCUT2D eigenvalue weighted by atomic mass is 16.2. The first-order chi connectivity index (χ1) is 14.5. The summed E-state index contributed by atoms with van der Waals surface area (Å²) in [5, 5.41) is 11.8.